The van der Waals surface area contributed by atoms with Crippen molar-refractivity contribution >= 4 is 23.0 Å². The number of hydrogen-bond acceptors (Lipinski definition) is 5. The van der Waals surface area contributed by atoms with Gasteiger partial charge in [-0.3, -0.25) is 0 Å². The van der Waals surface area contributed by atoms with Gasteiger partial charge in [-0.15, -0.1) is 11.3 Å². The van der Waals surface area contributed by atoms with Crippen LogP contribution in [0.4, 0.5) is 11.6 Å². The SMILES string of the molecule is CNc1cc(NC(c2cccs2)C(C)C)nc(C)n1. The quantitative estimate of drug-likeness (QED) is 0.874. The molecule has 5 heteroatoms. The van der Waals surface area contributed by atoms with Crippen LogP contribution in [0.3, 0.4) is 0 Å². The summed E-state index contributed by atoms with van der Waals surface area (Å²) in [4.78, 5) is 10.1. The summed E-state index contributed by atoms with van der Waals surface area (Å²) in [5.41, 5.74) is 0. The van der Waals surface area contributed by atoms with E-state index >= 15 is 0 Å². The molecular weight excluding hydrogens is 256 g/mol. The lowest BCUT2D eigenvalue weighted by atomic mass is 10.0. The van der Waals surface area contributed by atoms with Crippen molar-refractivity contribution in [2.75, 3.05) is 17.7 Å². The molecule has 102 valence electrons. The van der Waals surface area contributed by atoms with Crippen molar-refractivity contribution in [3.05, 3.63) is 34.3 Å². The molecule has 0 saturated carbocycles. The van der Waals surface area contributed by atoms with Crippen LogP contribution < -0.4 is 10.6 Å². The van der Waals surface area contributed by atoms with Gasteiger partial charge < -0.3 is 10.6 Å². The van der Waals surface area contributed by atoms with Gasteiger partial charge in [0, 0.05) is 18.0 Å². The van der Waals surface area contributed by atoms with Crippen LogP contribution in [-0.2, 0) is 0 Å². The molecule has 0 aliphatic carbocycles. The van der Waals surface area contributed by atoms with Crippen LogP contribution in [-0.4, -0.2) is 17.0 Å². The molecule has 4 nitrogen and oxygen atoms in total. The largest absolute Gasteiger partial charge is 0.373 e. The van der Waals surface area contributed by atoms with E-state index < -0.39 is 0 Å². The Hall–Kier alpha value is -1.62. The third kappa shape index (κ3) is 3.44. The van der Waals surface area contributed by atoms with Crippen LogP contribution in [0.25, 0.3) is 0 Å². The number of thiophene rings is 1. The fourth-order valence-corrected chi connectivity index (χ4v) is 2.91. The second-order valence-corrected chi connectivity index (χ2v) is 5.80. The molecule has 0 aromatic carbocycles. The van der Waals surface area contributed by atoms with Gasteiger partial charge in [0.2, 0.25) is 0 Å². The third-order valence-electron chi connectivity index (χ3n) is 2.91. The first-order valence-electron chi connectivity index (χ1n) is 6.43. The summed E-state index contributed by atoms with van der Waals surface area (Å²) in [6.45, 7) is 6.33. The van der Waals surface area contributed by atoms with E-state index in [0.29, 0.717) is 5.92 Å². The molecule has 0 saturated heterocycles. The molecule has 19 heavy (non-hydrogen) atoms. The standard InChI is InChI=1S/C14H20N4S/c1-9(2)14(11-6-5-7-19-11)18-13-8-12(15-4)16-10(3)17-13/h5-9,14H,1-4H3,(H2,15,16,17,18). The van der Waals surface area contributed by atoms with E-state index in [4.69, 9.17) is 0 Å². The first-order chi connectivity index (χ1) is 9.10. The van der Waals surface area contributed by atoms with Crippen LogP contribution in [0.5, 0.6) is 0 Å². The van der Waals surface area contributed by atoms with Crippen molar-refractivity contribution in [1.29, 1.82) is 0 Å². The van der Waals surface area contributed by atoms with Gasteiger partial charge in [0.25, 0.3) is 0 Å². The Morgan fingerprint density at radius 3 is 2.53 bits per heavy atom. The van der Waals surface area contributed by atoms with Crippen LogP contribution in [0.2, 0.25) is 0 Å². The molecule has 2 heterocycles. The second-order valence-electron chi connectivity index (χ2n) is 4.82. The zero-order valence-corrected chi connectivity index (χ0v) is 12.6. The van der Waals surface area contributed by atoms with Gasteiger partial charge in [-0.1, -0.05) is 19.9 Å². The van der Waals surface area contributed by atoms with Gasteiger partial charge in [0.15, 0.2) is 0 Å². The fourth-order valence-electron chi connectivity index (χ4n) is 1.96. The predicted octanol–water partition coefficient (Wildman–Crippen LogP) is 3.70. The molecule has 0 radical (unpaired) electrons. The lowest BCUT2D eigenvalue weighted by Crippen LogP contribution is -2.17. The highest BCUT2D eigenvalue weighted by Gasteiger charge is 2.17. The van der Waals surface area contributed by atoms with E-state index in [1.807, 2.05) is 20.0 Å². The Morgan fingerprint density at radius 1 is 1.21 bits per heavy atom. The number of aromatic nitrogens is 2. The second kappa shape index (κ2) is 6.02. The highest BCUT2D eigenvalue weighted by molar-refractivity contribution is 7.10. The molecular formula is C14H20N4S. The molecule has 0 spiro atoms. The average molecular weight is 276 g/mol. The minimum absolute atomic E-state index is 0.277. The highest BCUT2D eigenvalue weighted by Crippen LogP contribution is 2.29. The number of anilines is 2. The van der Waals surface area contributed by atoms with Gasteiger partial charge in [0.1, 0.15) is 17.5 Å². The summed E-state index contributed by atoms with van der Waals surface area (Å²) in [5, 5.41) is 8.68. The Morgan fingerprint density at radius 2 is 1.95 bits per heavy atom. The maximum absolute atomic E-state index is 4.46. The van der Waals surface area contributed by atoms with Crippen LogP contribution >= 0.6 is 11.3 Å². The monoisotopic (exact) mass is 276 g/mol. The molecule has 2 aromatic heterocycles. The van der Waals surface area contributed by atoms with Gasteiger partial charge in [0.05, 0.1) is 6.04 Å². The number of rotatable bonds is 5. The van der Waals surface area contributed by atoms with E-state index in [9.17, 15) is 0 Å². The molecule has 2 aromatic rings. The topological polar surface area (TPSA) is 49.8 Å². The van der Waals surface area contributed by atoms with Crippen LogP contribution in [0.15, 0.2) is 23.6 Å². The number of hydrogen-bond donors (Lipinski definition) is 2. The van der Waals surface area contributed by atoms with Crippen molar-refractivity contribution < 1.29 is 0 Å². The van der Waals surface area contributed by atoms with Crippen molar-refractivity contribution in [2.24, 2.45) is 5.92 Å². The Balaban J connectivity index is 2.24. The smallest absolute Gasteiger partial charge is 0.132 e. The predicted molar refractivity (Wildman–Crippen MR) is 81.8 cm³/mol. The molecule has 0 fully saturated rings. The molecule has 2 N–H and O–H groups in total. The minimum atomic E-state index is 0.277. The van der Waals surface area contributed by atoms with Crippen LogP contribution in [0, 0.1) is 12.8 Å². The minimum Gasteiger partial charge on any atom is -0.373 e. The normalized spacial score (nSPS) is 12.5. The first kappa shape index (κ1) is 13.8. The third-order valence-corrected chi connectivity index (χ3v) is 3.87. The van der Waals surface area contributed by atoms with E-state index in [1.165, 1.54) is 4.88 Å². The van der Waals surface area contributed by atoms with Crippen molar-refractivity contribution in [3.8, 4) is 0 Å². The highest BCUT2D eigenvalue weighted by atomic mass is 32.1. The Kier molecular flexibility index (Phi) is 4.37. The Bertz CT molecular complexity index is 522. The zero-order chi connectivity index (χ0) is 13.8. The molecule has 1 unspecified atom stereocenters. The van der Waals surface area contributed by atoms with Gasteiger partial charge in [-0.25, -0.2) is 9.97 Å². The van der Waals surface area contributed by atoms with Gasteiger partial charge in [-0.05, 0) is 24.3 Å². The molecule has 0 bridgehead atoms. The summed E-state index contributed by atoms with van der Waals surface area (Å²) in [6, 6.07) is 6.46. The summed E-state index contributed by atoms with van der Waals surface area (Å²) in [5.74, 6) is 2.96. The van der Waals surface area contributed by atoms with E-state index in [2.05, 4.69) is 52.0 Å². The summed E-state index contributed by atoms with van der Waals surface area (Å²) in [7, 11) is 1.87. The Labute approximate surface area is 118 Å². The molecule has 1 atom stereocenters. The maximum Gasteiger partial charge on any atom is 0.132 e. The number of nitrogens with zero attached hydrogens (tertiary/aromatic N) is 2. The summed E-state index contributed by atoms with van der Waals surface area (Å²) >= 11 is 1.77. The van der Waals surface area contributed by atoms with Gasteiger partial charge >= 0.3 is 0 Å². The lowest BCUT2D eigenvalue weighted by molar-refractivity contribution is 0.552. The molecule has 0 aliphatic rings. The number of nitrogens with one attached hydrogen (secondary N) is 2. The van der Waals surface area contributed by atoms with Crippen molar-refractivity contribution in [3.63, 3.8) is 0 Å². The van der Waals surface area contributed by atoms with Crippen molar-refractivity contribution in [2.45, 2.75) is 26.8 Å². The lowest BCUT2D eigenvalue weighted by Gasteiger charge is -2.22. The first-order valence-corrected chi connectivity index (χ1v) is 7.31. The maximum atomic E-state index is 4.46. The summed E-state index contributed by atoms with van der Waals surface area (Å²) < 4.78 is 0. The van der Waals surface area contributed by atoms with Crippen LogP contribution in [0.1, 0.15) is 30.6 Å². The van der Waals surface area contributed by atoms with E-state index in [0.717, 1.165) is 17.5 Å². The zero-order valence-electron chi connectivity index (χ0n) is 11.8. The molecule has 0 amide bonds. The fraction of sp³-hybridized carbons (Fsp3) is 0.429. The van der Waals surface area contributed by atoms with Gasteiger partial charge in [-0.2, -0.15) is 0 Å². The van der Waals surface area contributed by atoms with E-state index in [1.54, 1.807) is 11.3 Å². The molecule has 0 aliphatic heterocycles. The molecule has 2 rings (SSSR count). The van der Waals surface area contributed by atoms with E-state index in [-0.39, 0.29) is 6.04 Å². The number of aryl methyl sites for hydroxylation is 1. The average Bonchev–Trinajstić information content (AvgIpc) is 2.88. The summed E-state index contributed by atoms with van der Waals surface area (Å²) in [6.07, 6.45) is 0. The van der Waals surface area contributed by atoms with Crippen molar-refractivity contribution in [1.82, 2.24) is 9.97 Å².